The predicted octanol–water partition coefficient (Wildman–Crippen LogP) is 6.20. The van der Waals surface area contributed by atoms with Crippen LogP contribution < -0.4 is 0 Å². The van der Waals surface area contributed by atoms with Gasteiger partial charge in [0, 0.05) is 6.42 Å². The largest absolute Gasteiger partial charge is 0.435 e. The molecule has 0 saturated heterocycles. The lowest BCUT2D eigenvalue weighted by Gasteiger charge is -2.24. The molecule has 25 heavy (non-hydrogen) atoms. The molecule has 4 rings (SSSR count). The van der Waals surface area contributed by atoms with Crippen LogP contribution in [0.25, 0.3) is 11.1 Å². The van der Waals surface area contributed by atoms with Gasteiger partial charge in [-0.1, -0.05) is 54.1 Å². The van der Waals surface area contributed by atoms with E-state index in [1.54, 1.807) is 24.3 Å². The minimum atomic E-state index is -3.08. The molecule has 0 bridgehead atoms. The summed E-state index contributed by atoms with van der Waals surface area (Å²) in [7, 11) is 0. The average molecular weight is 339 g/mol. The fourth-order valence-corrected chi connectivity index (χ4v) is 3.47. The Morgan fingerprint density at radius 1 is 1.04 bits per heavy atom. The van der Waals surface area contributed by atoms with Crippen LogP contribution in [-0.4, -0.2) is 4.98 Å². The Morgan fingerprint density at radius 3 is 2.52 bits per heavy atom. The number of allylic oxidation sites excluding steroid dienone is 2. The van der Waals surface area contributed by atoms with Crippen molar-refractivity contribution in [2.45, 2.75) is 37.5 Å². The zero-order chi connectivity index (χ0) is 17.3. The Bertz CT molecular complexity index is 865. The number of alkyl halides is 2. The van der Waals surface area contributed by atoms with E-state index in [-0.39, 0.29) is 6.42 Å². The molecule has 0 saturated carbocycles. The normalized spacial score (nSPS) is 18.3. The number of hydrogen-bond acceptors (Lipinski definition) is 2. The van der Waals surface area contributed by atoms with Gasteiger partial charge in [-0.05, 0) is 42.9 Å². The number of nitrogens with zero attached hydrogens (tertiary/aromatic N) is 1. The molecule has 0 spiro atoms. The molecule has 4 heteroatoms. The fourth-order valence-electron chi connectivity index (χ4n) is 3.47. The molecular formula is C21H19F2NO. The quantitative estimate of drug-likeness (QED) is 0.529. The van der Waals surface area contributed by atoms with Crippen LogP contribution >= 0.6 is 0 Å². The van der Waals surface area contributed by atoms with Gasteiger partial charge in [-0.15, -0.1) is 0 Å². The van der Waals surface area contributed by atoms with Gasteiger partial charge < -0.3 is 4.42 Å². The van der Waals surface area contributed by atoms with Crippen LogP contribution in [0, 0.1) is 0 Å². The smallest absolute Gasteiger partial charge is 0.326 e. The summed E-state index contributed by atoms with van der Waals surface area (Å²) in [5, 5.41) is 0. The van der Waals surface area contributed by atoms with Gasteiger partial charge in [-0.3, -0.25) is 0 Å². The molecule has 1 atom stereocenters. The summed E-state index contributed by atoms with van der Waals surface area (Å²) in [6, 6.07) is 17.1. The number of rotatable bonds is 4. The second-order valence-electron chi connectivity index (χ2n) is 6.61. The van der Waals surface area contributed by atoms with Crippen LogP contribution in [0.5, 0.6) is 0 Å². The molecule has 0 amide bonds. The summed E-state index contributed by atoms with van der Waals surface area (Å²) in [6.45, 7) is 0. The van der Waals surface area contributed by atoms with E-state index in [0.717, 1.165) is 18.4 Å². The monoisotopic (exact) mass is 339 g/mol. The van der Waals surface area contributed by atoms with Crippen molar-refractivity contribution in [2.75, 3.05) is 0 Å². The highest BCUT2D eigenvalue weighted by molar-refractivity contribution is 5.72. The molecule has 2 aromatic carbocycles. The fraction of sp³-hybridized carbons (Fsp3) is 0.286. The molecule has 128 valence electrons. The molecule has 1 aliphatic rings. The van der Waals surface area contributed by atoms with E-state index >= 15 is 0 Å². The Balaban J connectivity index is 1.48. The third kappa shape index (κ3) is 3.34. The molecule has 1 unspecified atom stereocenters. The number of fused-ring (bicyclic) bond motifs is 1. The van der Waals surface area contributed by atoms with Gasteiger partial charge in [0.1, 0.15) is 5.52 Å². The number of para-hydroxylation sites is 2. The molecule has 1 aromatic heterocycles. The second-order valence-corrected chi connectivity index (χ2v) is 6.61. The highest BCUT2D eigenvalue weighted by Crippen LogP contribution is 2.40. The van der Waals surface area contributed by atoms with Gasteiger partial charge in [-0.25, -0.2) is 4.98 Å². The van der Waals surface area contributed by atoms with E-state index in [1.807, 2.05) is 24.3 Å². The van der Waals surface area contributed by atoms with E-state index in [4.69, 9.17) is 4.42 Å². The predicted molar refractivity (Wildman–Crippen MR) is 93.6 cm³/mol. The summed E-state index contributed by atoms with van der Waals surface area (Å²) in [6.07, 6.45) is 4.05. The third-order valence-corrected chi connectivity index (χ3v) is 4.83. The maximum atomic E-state index is 14.6. The summed E-state index contributed by atoms with van der Waals surface area (Å²) in [5.41, 5.74) is 2.95. The molecule has 2 nitrogen and oxygen atoms in total. The second kappa shape index (κ2) is 6.43. The highest BCUT2D eigenvalue weighted by atomic mass is 19.3. The van der Waals surface area contributed by atoms with Crippen molar-refractivity contribution in [1.29, 1.82) is 0 Å². The van der Waals surface area contributed by atoms with Crippen molar-refractivity contribution >= 4 is 11.1 Å². The first-order valence-electron chi connectivity index (χ1n) is 8.58. The Kier molecular flexibility index (Phi) is 4.12. The summed E-state index contributed by atoms with van der Waals surface area (Å²) < 4.78 is 34.5. The van der Waals surface area contributed by atoms with Crippen LogP contribution in [0.2, 0.25) is 0 Å². The lowest BCUT2D eigenvalue weighted by atomic mass is 9.83. The maximum Gasteiger partial charge on any atom is 0.326 e. The number of hydrogen-bond donors (Lipinski definition) is 0. The van der Waals surface area contributed by atoms with Crippen molar-refractivity contribution in [3.8, 4) is 0 Å². The Morgan fingerprint density at radius 2 is 1.80 bits per heavy atom. The SMILES string of the molecule is FC(F)(CC1=CCC(c2ccccc2)CC1)c1nc2ccccc2o1. The van der Waals surface area contributed by atoms with Gasteiger partial charge >= 0.3 is 5.92 Å². The average Bonchev–Trinajstić information content (AvgIpc) is 3.08. The van der Waals surface area contributed by atoms with Crippen LogP contribution in [0.3, 0.4) is 0 Å². The lowest BCUT2D eigenvalue weighted by molar-refractivity contribution is -0.0302. The molecule has 0 aliphatic heterocycles. The van der Waals surface area contributed by atoms with E-state index in [0.29, 0.717) is 23.4 Å². The lowest BCUT2D eigenvalue weighted by Crippen LogP contribution is -2.16. The third-order valence-electron chi connectivity index (χ3n) is 4.83. The zero-order valence-corrected chi connectivity index (χ0v) is 13.8. The first-order valence-corrected chi connectivity index (χ1v) is 8.58. The van der Waals surface area contributed by atoms with Crippen molar-refractivity contribution in [2.24, 2.45) is 0 Å². The molecule has 0 radical (unpaired) electrons. The van der Waals surface area contributed by atoms with Crippen molar-refractivity contribution in [1.82, 2.24) is 4.98 Å². The zero-order valence-electron chi connectivity index (χ0n) is 13.8. The van der Waals surface area contributed by atoms with E-state index in [1.165, 1.54) is 5.56 Å². The van der Waals surface area contributed by atoms with Gasteiger partial charge in [0.2, 0.25) is 0 Å². The van der Waals surface area contributed by atoms with E-state index in [9.17, 15) is 8.78 Å². The van der Waals surface area contributed by atoms with Crippen molar-refractivity contribution < 1.29 is 13.2 Å². The van der Waals surface area contributed by atoms with Crippen LogP contribution in [0.1, 0.15) is 43.1 Å². The number of benzene rings is 2. The van der Waals surface area contributed by atoms with Crippen molar-refractivity contribution in [3.05, 3.63) is 77.7 Å². The molecule has 1 aliphatic carbocycles. The summed E-state index contributed by atoms with van der Waals surface area (Å²) in [4.78, 5) is 3.97. The van der Waals surface area contributed by atoms with Gasteiger partial charge in [0.15, 0.2) is 5.58 Å². The molecule has 1 heterocycles. The number of aromatic nitrogens is 1. The molecule has 0 N–H and O–H groups in total. The standard InChI is InChI=1S/C21H19F2NO/c22-21(23,20-24-18-8-4-5-9-19(18)25-20)14-15-10-12-17(13-11-15)16-6-2-1-3-7-16/h1-10,17H,11-14H2. The van der Waals surface area contributed by atoms with Crippen LogP contribution in [0.4, 0.5) is 8.78 Å². The maximum absolute atomic E-state index is 14.6. The van der Waals surface area contributed by atoms with Gasteiger partial charge in [-0.2, -0.15) is 8.78 Å². The minimum absolute atomic E-state index is 0.318. The molecule has 0 fully saturated rings. The van der Waals surface area contributed by atoms with Crippen LogP contribution in [-0.2, 0) is 5.92 Å². The minimum Gasteiger partial charge on any atom is -0.435 e. The first-order chi connectivity index (χ1) is 12.1. The molecule has 3 aromatic rings. The van der Waals surface area contributed by atoms with Gasteiger partial charge in [0.25, 0.3) is 5.89 Å². The van der Waals surface area contributed by atoms with Gasteiger partial charge in [0.05, 0.1) is 0 Å². The molecular weight excluding hydrogens is 320 g/mol. The topological polar surface area (TPSA) is 26.0 Å². The van der Waals surface area contributed by atoms with Crippen molar-refractivity contribution in [3.63, 3.8) is 0 Å². The van der Waals surface area contributed by atoms with E-state index in [2.05, 4.69) is 17.1 Å². The highest BCUT2D eigenvalue weighted by Gasteiger charge is 2.39. The van der Waals surface area contributed by atoms with E-state index < -0.39 is 11.8 Å². The number of oxazole rings is 1. The summed E-state index contributed by atoms with van der Waals surface area (Å²) >= 11 is 0. The Labute approximate surface area is 145 Å². The van der Waals surface area contributed by atoms with Crippen LogP contribution in [0.15, 0.2) is 70.7 Å². The first kappa shape index (κ1) is 16.0. The number of halogens is 2. The summed E-state index contributed by atoms with van der Waals surface area (Å²) in [5.74, 6) is -3.15. The Hall–Kier alpha value is -2.49.